The molecule has 0 unspecified atom stereocenters. The smallest absolute Gasteiger partial charge is 0.233 e. The molecule has 126 valence electrons. The molecule has 1 aromatic rings. The van der Waals surface area contributed by atoms with Gasteiger partial charge in [0.1, 0.15) is 0 Å². The highest BCUT2D eigenvalue weighted by molar-refractivity contribution is 7.99. The lowest BCUT2D eigenvalue weighted by molar-refractivity contribution is -0.135. The van der Waals surface area contributed by atoms with Gasteiger partial charge in [-0.2, -0.15) is 0 Å². The number of hydrogen-bond donors (Lipinski definition) is 0. The van der Waals surface area contributed by atoms with Gasteiger partial charge in [-0.05, 0) is 31.7 Å². The van der Waals surface area contributed by atoms with Crippen LogP contribution in [0.3, 0.4) is 0 Å². The van der Waals surface area contributed by atoms with Crippen molar-refractivity contribution < 1.29 is 4.79 Å². The maximum Gasteiger partial charge on any atom is 0.233 e. The van der Waals surface area contributed by atoms with Gasteiger partial charge >= 0.3 is 0 Å². The number of aromatic nitrogens is 2. The molecule has 23 heavy (non-hydrogen) atoms. The van der Waals surface area contributed by atoms with Gasteiger partial charge in [-0.15, -0.1) is 0 Å². The first-order chi connectivity index (χ1) is 11.3. The zero-order chi connectivity index (χ0) is 15.9. The minimum Gasteiger partial charge on any atom is -0.336 e. The number of carbonyl (C=O) groups is 1. The maximum atomic E-state index is 13.0. The summed E-state index contributed by atoms with van der Waals surface area (Å²) in [5, 5.41) is 0.702. The van der Waals surface area contributed by atoms with Crippen molar-refractivity contribution in [2.24, 2.45) is 0 Å². The van der Waals surface area contributed by atoms with Crippen LogP contribution in [0.25, 0.3) is 0 Å². The average molecular weight is 334 g/mol. The Hall–Kier alpha value is -1.10. The second kappa shape index (κ2) is 8.67. The van der Waals surface area contributed by atoms with Crippen molar-refractivity contribution in [3.8, 4) is 0 Å². The maximum absolute atomic E-state index is 13.0. The first-order valence-electron chi connectivity index (χ1n) is 9.05. The molecule has 0 aliphatic heterocycles. The van der Waals surface area contributed by atoms with E-state index in [1.807, 2.05) is 6.07 Å². The predicted octanol–water partition coefficient (Wildman–Crippen LogP) is 4.06. The first kappa shape index (κ1) is 16.7. The summed E-state index contributed by atoms with van der Waals surface area (Å²) >= 11 is 1.47. The highest BCUT2D eigenvalue weighted by Gasteiger charge is 2.32. The fourth-order valence-corrected chi connectivity index (χ4v) is 4.66. The monoisotopic (exact) mass is 333 g/mol. The Morgan fingerprint density at radius 1 is 0.957 bits per heavy atom. The molecular formula is C18H27N3OS. The molecule has 0 N–H and O–H groups in total. The Balaban J connectivity index is 1.64. The fourth-order valence-electron chi connectivity index (χ4n) is 3.98. The summed E-state index contributed by atoms with van der Waals surface area (Å²) in [6.45, 7) is 0. The van der Waals surface area contributed by atoms with Crippen molar-refractivity contribution in [3.05, 3.63) is 18.5 Å². The predicted molar refractivity (Wildman–Crippen MR) is 93.3 cm³/mol. The van der Waals surface area contributed by atoms with E-state index in [4.69, 9.17) is 0 Å². The van der Waals surface area contributed by atoms with Crippen molar-refractivity contribution in [2.75, 3.05) is 5.75 Å². The lowest BCUT2D eigenvalue weighted by Gasteiger charge is -2.41. The molecule has 5 heteroatoms. The topological polar surface area (TPSA) is 46.1 Å². The van der Waals surface area contributed by atoms with E-state index in [0.717, 1.165) is 0 Å². The molecule has 0 aromatic carbocycles. The van der Waals surface area contributed by atoms with Crippen LogP contribution in [0.5, 0.6) is 0 Å². The van der Waals surface area contributed by atoms with Crippen LogP contribution in [0.2, 0.25) is 0 Å². The van der Waals surface area contributed by atoms with Gasteiger partial charge in [-0.3, -0.25) is 4.79 Å². The summed E-state index contributed by atoms with van der Waals surface area (Å²) in [7, 11) is 0. The fraction of sp³-hybridized carbons (Fsp3) is 0.722. The Kier molecular flexibility index (Phi) is 6.31. The van der Waals surface area contributed by atoms with E-state index in [1.165, 1.54) is 76.0 Å². The van der Waals surface area contributed by atoms with E-state index in [9.17, 15) is 4.79 Å². The quantitative estimate of drug-likeness (QED) is 0.602. The largest absolute Gasteiger partial charge is 0.336 e. The van der Waals surface area contributed by atoms with E-state index in [1.54, 1.807) is 12.4 Å². The summed E-state index contributed by atoms with van der Waals surface area (Å²) in [5.74, 6) is 0.762. The normalized spacial score (nSPS) is 20.3. The van der Waals surface area contributed by atoms with Crippen molar-refractivity contribution in [3.63, 3.8) is 0 Å². The van der Waals surface area contributed by atoms with Gasteiger partial charge in [0, 0.05) is 24.5 Å². The molecule has 2 fully saturated rings. The number of thioether (sulfide) groups is 1. The molecule has 2 aliphatic rings. The summed E-state index contributed by atoms with van der Waals surface area (Å²) in [6.07, 6.45) is 16.0. The third kappa shape index (κ3) is 4.69. The van der Waals surface area contributed by atoms with Crippen LogP contribution in [0.15, 0.2) is 23.6 Å². The zero-order valence-corrected chi connectivity index (χ0v) is 14.6. The molecule has 0 bridgehead atoms. The van der Waals surface area contributed by atoms with E-state index < -0.39 is 0 Å². The molecule has 1 heterocycles. The molecule has 0 spiro atoms. The molecule has 0 saturated heterocycles. The van der Waals surface area contributed by atoms with E-state index in [2.05, 4.69) is 14.9 Å². The van der Waals surface area contributed by atoms with Crippen LogP contribution in [-0.2, 0) is 4.79 Å². The minimum atomic E-state index is 0.293. The summed E-state index contributed by atoms with van der Waals surface area (Å²) in [5.41, 5.74) is 0. The standard InChI is InChI=1S/C18H27N3OS/c22-17(14-23-18-19-12-7-13-20-18)21(15-8-3-1-4-9-15)16-10-5-2-6-11-16/h7,12-13,15-16H,1-6,8-11,14H2. The zero-order valence-electron chi connectivity index (χ0n) is 13.8. The second-order valence-corrected chi connectivity index (χ2v) is 7.65. The van der Waals surface area contributed by atoms with Crippen LogP contribution < -0.4 is 0 Å². The molecule has 1 amide bonds. The van der Waals surface area contributed by atoms with Crippen LogP contribution in [0.4, 0.5) is 0 Å². The number of rotatable bonds is 5. The Bertz CT molecular complexity index is 466. The number of hydrogen-bond acceptors (Lipinski definition) is 4. The average Bonchev–Trinajstić information content (AvgIpc) is 2.63. The van der Waals surface area contributed by atoms with Gasteiger partial charge in [0.25, 0.3) is 0 Å². The molecule has 3 rings (SSSR count). The Morgan fingerprint density at radius 2 is 1.48 bits per heavy atom. The van der Waals surface area contributed by atoms with Gasteiger partial charge in [-0.1, -0.05) is 50.3 Å². The summed E-state index contributed by atoms with van der Waals surface area (Å²) in [4.78, 5) is 23.7. The minimum absolute atomic E-state index is 0.293. The molecule has 4 nitrogen and oxygen atoms in total. The number of amides is 1. The molecular weight excluding hydrogens is 306 g/mol. The summed E-state index contributed by atoms with van der Waals surface area (Å²) < 4.78 is 0. The van der Waals surface area contributed by atoms with Gasteiger partial charge in [0.15, 0.2) is 5.16 Å². The van der Waals surface area contributed by atoms with Crippen LogP contribution in [-0.4, -0.2) is 38.6 Å². The first-order valence-corrected chi connectivity index (χ1v) is 10.0. The Morgan fingerprint density at radius 3 is 2.00 bits per heavy atom. The van der Waals surface area contributed by atoms with Crippen LogP contribution >= 0.6 is 11.8 Å². The Labute approximate surface area is 143 Å². The van der Waals surface area contributed by atoms with Gasteiger partial charge in [0.2, 0.25) is 5.91 Å². The van der Waals surface area contributed by atoms with Crippen LogP contribution in [0, 0.1) is 0 Å². The molecule has 2 saturated carbocycles. The van der Waals surface area contributed by atoms with Crippen molar-refractivity contribution in [1.29, 1.82) is 0 Å². The van der Waals surface area contributed by atoms with Crippen molar-refractivity contribution >= 4 is 17.7 Å². The molecule has 0 radical (unpaired) electrons. The van der Waals surface area contributed by atoms with Gasteiger partial charge in [-0.25, -0.2) is 9.97 Å². The highest BCUT2D eigenvalue weighted by atomic mass is 32.2. The molecule has 0 atom stereocenters. The van der Waals surface area contributed by atoms with E-state index >= 15 is 0 Å². The summed E-state index contributed by atoms with van der Waals surface area (Å²) in [6, 6.07) is 2.75. The van der Waals surface area contributed by atoms with E-state index in [0.29, 0.717) is 28.9 Å². The lowest BCUT2D eigenvalue weighted by atomic mass is 9.88. The second-order valence-electron chi connectivity index (χ2n) is 6.70. The van der Waals surface area contributed by atoms with Crippen molar-refractivity contribution in [2.45, 2.75) is 81.4 Å². The van der Waals surface area contributed by atoms with Crippen LogP contribution in [0.1, 0.15) is 64.2 Å². The third-order valence-electron chi connectivity index (χ3n) is 5.09. The molecule has 2 aliphatic carbocycles. The number of carbonyl (C=O) groups excluding carboxylic acids is 1. The molecule has 1 aromatic heterocycles. The van der Waals surface area contributed by atoms with Crippen molar-refractivity contribution in [1.82, 2.24) is 14.9 Å². The lowest BCUT2D eigenvalue weighted by Crippen LogP contribution is -2.49. The van der Waals surface area contributed by atoms with Gasteiger partial charge in [0.05, 0.1) is 5.75 Å². The third-order valence-corrected chi connectivity index (χ3v) is 5.95. The SMILES string of the molecule is O=C(CSc1ncccn1)N(C1CCCCC1)C1CCCCC1. The van der Waals surface area contributed by atoms with E-state index in [-0.39, 0.29) is 0 Å². The number of nitrogens with zero attached hydrogens (tertiary/aromatic N) is 3. The van der Waals surface area contributed by atoms with Gasteiger partial charge < -0.3 is 4.90 Å². The highest BCUT2D eigenvalue weighted by Crippen LogP contribution is 2.31.